The number of Topliss-reactive ketones (excluding diaryl/α,β-unsaturated/α-hetero) is 1. The number of rotatable bonds is 4. The zero-order valence-electron chi connectivity index (χ0n) is 11.1. The first-order chi connectivity index (χ1) is 9.51. The highest BCUT2D eigenvalue weighted by Gasteiger charge is 2.15. The average Bonchev–Trinajstić information content (AvgIpc) is 2.42. The topological polar surface area (TPSA) is 61.2 Å². The molecule has 2 aromatic rings. The molecular weight excluding hydrogens is 263 g/mol. The van der Waals surface area contributed by atoms with Gasteiger partial charge in [0.05, 0.1) is 18.4 Å². The molecule has 1 aromatic heterocycles. The molecule has 0 saturated heterocycles. The highest BCUT2D eigenvalue weighted by Crippen LogP contribution is 2.20. The number of ether oxygens (including phenoxy) is 1. The number of hydrogen-bond acceptors (Lipinski definition) is 4. The number of benzene rings is 1. The maximum absolute atomic E-state index is 13.2. The molecule has 0 saturated carbocycles. The van der Waals surface area contributed by atoms with Gasteiger partial charge in [-0.1, -0.05) is 0 Å². The van der Waals surface area contributed by atoms with Gasteiger partial charge in [-0.25, -0.2) is 9.07 Å². The van der Waals surface area contributed by atoms with Gasteiger partial charge in [0.1, 0.15) is 18.1 Å². The first kappa shape index (κ1) is 13.9. The van der Waals surface area contributed by atoms with E-state index in [1.165, 1.54) is 25.3 Å². The SMILES string of the molecule is COc1ccc(F)cc1C(=O)Cn1nc(C)ccc1=O. The van der Waals surface area contributed by atoms with E-state index in [2.05, 4.69) is 5.10 Å². The third kappa shape index (κ3) is 2.90. The van der Waals surface area contributed by atoms with Crippen molar-refractivity contribution in [3.8, 4) is 5.75 Å². The summed E-state index contributed by atoms with van der Waals surface area (Å²) in [4.78, 5) is 23.8. The van der Waals surface area contributed by atoms with Crippen LogP contribution >= 0.6 is 0 Å². The molecule has 0 bridgehead atoms. The van der Waals surface area contributed by atoms with Gasteiger partial charge in [-0.15, -0.1) is 0 Å². The number of methoxy groups -OCH3 is 1. The largest absolute Gasteiger partial charge is 0.496 e. The lowest BCUT2D eigenvalue weighted by Crippen LogP contribution is -2.26. The number of hydrogen-bond donors (Lipinski definition) is 0. The third-order valence-electron chi connectivity index (χ3n) is 2.76. The summed E-state index contributed by atoms with van der Waals surface area (Å²) in [6, 6.07) is 6.55. The second-order valence-corrected chi connectivity index (χ2v) is 4.24. The number of aryl methyl sites for hydroxylation is 1. The first-order valence-corrected chi connectivity index (χ1v) is 5.93. The van der Waals surface area contributed by atoms with Crippen LogP contribution in [0.5, 0.6) is 5.75 Å². The second-order valence-electron chi connectivity index (χ2n) is 4.24. The predicted octanol–water partition coefficient (Wildman–Crippen LogP) is 1.58. The summed E-state index contributed by atoms with van der Waals surface area (Å²) in [5.74, 6) is -0.725. The minimum atomic E-state index is -0.543. The molecule has 5 nitrogen and oxygen atoms in total. The van der Waals surface area contributed by atoms with E-state index in [1.807, 2.05) is 0 Å². The molecule has 104 valence electrons. The van der Waals surface area contributed by atoms with Crippen molar-refractivity contribution >= 4 is 5.78 Å². The van der Waals surface area contributed by atoms with E-state index in [-0.39, 0.29) is 23.4 Å². The Hall–Kier alpha value is -2.50. The molecule has 1 aromatic carbocycles. The molecule has 0 spiro atoms. The molecule has 0 fully saturated rings. The molecular formula is C14H13FN2O3. The van der Waals surface area contributed by atoms with Gasteiger partial charge < -0.3 is 4.74 Å². The molecule has 0 atom stereocenters. The zero-order valence-corrected chi connectivity index (χ0v) is 11.1. The Labute approximate surface area is 114 Å². The molecule has 0 N–H and O–H groups in total. The van der Waals surface area contributed by atoms with Crippen molar-refractivity contribution < 1.29 is 13.9 Å². The van der Waals surface area contributed by atoms with Crippen molar-refractivity contribution in [1.29, 1.82) is 0 Å². The fourth-order valence-corrected chi connectivity index (χ4v) is 1.78. The van der Waals surface area contributed by atoms with Crippen LogP contribution < -0.4 is 10.3 Å². The summed E-state index contributed by atoms with van der Waals surface area (Å²) in [5, 5.41) is 3.96. The van der Waals surface area contributed by atoms with E-state index in [1.54, 1.807) is 13.0 Å². The fourth-order valence-electron chi connectivity index (χ4n) is 1.78. The maximum Gasteiger partial charge on any atom is 0.267 e. The standard InChI is InChI=1S/C14H13FN2O3/c1-9-3-6-14(19)17(16-9)8-12(18)11-7-10(15)4-5-13(11)20-2/h3-7H,8H2,1-2H3. The van der Waals surface area contributed by atoms with Crippen LogP contribution in [0.15, 0.2) is 35.1 Å². The fraction of sp³-hybridized carbons (Fsp3) is 0.214. The lowest BCUT2D eigenvalue weighted by atomic mass is 10.1. The van der Waals surface area contributed by atoms with Crippen LogP contribution in [0.2, 0.25) is 0 Å². The Bertz CT molecular complexity index is 710. The van der Waals surface area contributed by atoms with Gasteiger partial charge in [-0.3, -0.25) is 9.59 Å². The number of aromatic nitrogens is 2. The molecule has 0 aliphatic carbocycles. The average molecular weight is 276 g/mol. The first-order valence-electron chi connectivity index (χ1n) is 5.93. The van der Waals surface area contributed by atoms with Gasteiger partial charge in [0.2, 0.25) is 0 Å². The van der Waals surface area contributed by atoms with E-state index in [0.717, 1.165) is 10.7 Å². The van der Waals surface area contributed by atoms with Crippen molar-refractivity contribution in [2.24, 2.45) is 0 Å². The normalized spacial score (nSPS) is 10.3. The Morgan fingerprint density at radius 1 is 1.35 bits per heavy atom. The molecule has 0 aliphatic rings. The minimum absolute atomic E-state index is 0.0858. The van der Waals surface area contributed by atoms with Gasteiger partial charge >= 0.3 is 0 Å². The Balaban J connectivity index is 2.35. The number of ketones is 1. The van der Waals surface area contributed by atoms with Gasteiger partial charge in [0.25, 0.3) is 5.56 Å². The number of nitrogens with zero attached hydrogens (tertiary/aromatic N) is 2. The third-order valence-corrected chi connectivity index (χ3v) is 2.76. The van der Waals surface area contributed by atoms with E-state index >= 15 is 0 Å². The summed E-state index contributed by atoms with van der Waals surface area (Å²) in [6.07, 6.45) is 0. The van der Waals surface area contributed by atoms with Gasteiger partial charge in [0, 0.05) is 6.07 Å². The van der Waals surface area contributed by atoms with Crippen molar-refractivity contribution in [1.82, 2.24) is 9.78 Å². The van der Waals surface area contributed by atoms with Crippen LogP contribution in [-0.4, -0.2) is 22.7 Å². The quantitative estimate of drug-likeness (QED) is 0.795. The summed E-state index contributed by atoms with van der Waals surface area (Å²) in [6.45, 7) is 1.45. The molecule has 0 aliphatic heterocycles. The molecule has 1 heterocycles. The van der Waals surface area contributed by atoms with Crippen molar-refractivity contribution in [2.75, 3.05) is 7.11 Å². The zero-order chi connectivity index (χ0) is 14.7. The van der Waals surface area contributed by atoms with Crippen LogP contribution in [0.25, 0.3) is 0 Å². The number of halogens is 1. The highest BCUT2D eigenvalue weighted by atomic mass is 19.1. The summed E-state index contributed by atoms with van der Waals surface area (Å²) in [5.41, 5.74) is 0.311. The van der Waals surface area contributed by atoms with E-state index < -0.39 is 11.6 Å². The molecule has 0 amide bonds. The number of carbonyl (C=O) groups is 1. The molecule has 2 rings (SSSR count). The van der Waals surface area contributed by atoms with Crippen LogP contribution in [-0.2, 0) is 6.54 Å². The van der Waals surface area contributed by atoms with Crippen LogP contribution in [0, 0.1) is 12.7 Å². The lowest BCUT2D eigenvalue weighted by molar-refractivity contribution is 0.0962. The predicted molar refractivity (Wildman–Crippen MR) is 70.5 cm³/mol. The van der Waals surface area contributed by atoms with Crippen LogP contribution in [0.3, 0.4) is 0 Å². The van der Waals surface area contributed by atoms with Crippen molar-refractivity contribution in [2.45, 2.75) is 13.5 Å². The summed E-state index contributed by atoms with van der Waals surface area (Å²) < 4.78 is 19.3. The van der Waals surface area contributed by atoms with Gasteiger partial charge in [0.15, 0.2) is 5.78 Å². The molecule has 6 heteroatoms. The van der Waals surface area contributed by atoms with Crippen molar-refractivity contribution in [3.63, 3.8) is 0 Å². The van der Waals surface area contributed by atoms with Crippen LogP contribution in [0.1, 0.15) is 16.1 Å². The lowest BCUT2D eigenvalue weighted by Gasteiger charge is -2.08. The molecule has 0 radical (unpaired) electrons. The van der Waals surface area contributed by atoms with Gasteiger partial charge in [-0.2, -0.15) is 5.10 Å². The minimum Gasteiger partial charge on any atom is -0.496 e. The Morgan fingerprint density at radius 2 is 2.10 bits per heavy atom. The highest BCUT2D eigenvalue weighted by molar-refractivity contribution is 5.98. The monoisotopic (exact) mass is 276 g/mol. The van der Waals surface area contributed by atoms with E-state index in [9.17, 15) is 14.0 Å². The van der Waals surface area contributed by atoms with E-state index in [0.29, 0.717) is 5.69 Å². The molecule has 0 unspecified atom stereocenters. The Kier molecular flexibility index (Phi) is 3.93. The Morgan fingerprint density at radius 3 is 2.80 bits per heavy atom. The van der Waals surface area contributed by atoms with Gasteiger partial charge in [-0.05, 0) is 31.2 Å². The van der Waals surface area contributed by atoms with Crippen LogP contribution in [0.4, 0.5) is 4.39 Å². The second kappa shape index (κ2) is 5.64. The molecule has 20 heavy (non-hydrogen) atoms. The number of carbonyl (C=O) groups excluding carboxylic acids is 1. The smallest absolute Gasteiger partial charge is 0.267 e. The summed E-state index contributed by atoms with van der Waals surface area (Å²) in [7, 11) is 1.39. The summed E-state index contributed by atoms with van der Waals surface area (Å²) >= 11 is 0. The van der Waals surface area contributed by atoms with Crippen molar-refractivity contribution in [3.05, 3.63) is 57.8 Å². The van der Waals surface area contributed by atoms with E-state index in [4.69, 9.17) is 4.74 Å². The maximum atomic E-state index is 13.2.